The van der Waals surface area contributed by atoms with Crippen LogP contribution in [0.5, 0.6) is 5.75 Å². The average molecular weight is 516 g/mol. The standard InChI is InChI=1S/C22H36N4O2.HI/c1-18-7-6-8-20(15-18)28-19(2)16-24-21(23-3)25-17-22(9-13-27-14-10-22)26-11-4-5-12-26;/h6-8,15,19H,4-5,9-14,16-17H2,1-3H3,(H2,23,24,25);1H. The molecule has 2 saturated heterocycles. The molecule has 0 amide bonds. The van der Waals surface area contributed by atoms with Crippen LogP contribution >= 0.6 is 24.0 Å². The lowest BCUT2D eigenvalue weighted by Gasteiger charge is -2.45. The van der Waals surface area contributed by atoms with Crippen molar-refractivity contribution in [1.82, 2.24) is 15.5 Å². The number of rotatable bonds is 7. The number of aryl methyl sites for hydroxylation is 1. The molecule has 2 N–H and O–H groups in total. The zero-order chi connectivity index (χ0) is 19.8. The van der Waals surface area contributed by atoms with Gasteiger partial charge in [0.2, 0.25) is 0 Å². The van der Waals surface area contributed by atoms with Gasteiger partial charge in [-0.2, -0.15) is 0 Å². The Kier molecular flexibility index (Phi) is 9.98. The van der Waals surface area contributed by atoms with Gasteiger partial charge in [0.25, 0.3) is 0 Å². The summed E-state index contributed by atoms with van der Waals surface area (Å²) in [7, 11) is 1.83. The van der Waals surface area contributed by atoms with Crippen molar-refractivity contribution in [2.24, 2.45) is 4.99 Å². The van der Waals surface area contributed by atoms with Gasteiger partial charge in [0.1, 0.15) is 11.9 Å². The summed E-state index contributed by atoms with van der Waals surface area (Å²) in [6.45, 7) is 9.87. The first-order valence-electron chi connectivity index (χ1n) is 10.6. The first-order valence-corrected chi connectivity index (χ1v) is 10.6. The SMILES string of the molecule is CN=C(NCC(C)Oc1cccc(C)c1)NCC1(N2CCCC2)CCOCC1.I. The minimum Gasteiger partial charge on any atom is -0.489 e. The first kappa shape index (κ1) is 24.2. The summed E-state index contributed by atoms with van der Waals surface area (Å²) >= 11 is 0. The molecule has 2 aliphatic heterocycles. The van der Waals surface area contributed by atoms with E-state index in [1.807, 2.05) is 19.2 Å². The van der Waals surface area contributed by atoms with Crippen molar-refractivity contribution in [1.29, 1.82) is 0 Å². The van der Waals surface area contributed by atoms with E-state index in [0.29, 0.717) is 6.54 Å². The molecule has 3 rings (SSSR count). The van der Waals surface area contributed by atoms with E-state index in [2.05, 4.69) is 46.5 Å². The predicted molar refractivity (Wildman–Crippen MR) is 130 cm³/mol. The van der Waals surface area contributed by atoms with E-state index in [0.717, 1.165) is 44.3 Å². The molecule has 1 unspecified atom stereocenters. The van der Waals surface area contributed by atoms with E-state index >= 15 is 0 Å². The number of hydrogen-bond donors (Lipinski definition) is 2. The highest BCUT2D eigenvalue weighted by Gasteiger charge is 2.39. The van der Waals surface area contributed by atoms with Crippen molar-refractivity contribution in [3.05, 3.63) is 29.8 Å². The Labute approximate surface area is 192 Å². The molecule has 2 fully saturated rings. The maximum Gasteiger partial charge on any atom is 0.191 e. The fraction of sp³-hybridized carbons (Fsp3) is 0.682. The summed E-state index contributed by atoms with van der Waals surface area (Å²) in [4.78, 5) is 7.08. The molecular formula is C22H37IN4O2. The van der Waals surface area contributed by atoms with Gasteiger partial charge < -0.3 is 20.1 Å². The second-order valence-corrected chi connectivity index (χ2v) is 8.08. The van der Waals surface area contributed by atoms with Crippen molar-refractivity contribution in [2.75, 3.05) is 46.4 Å². The lowest BCUT2D eigenvalue weighted by molar-refractivity contribution is -0.0164. The monoisotopic (exact) mass is 516 g/mol. The van der Waals surface area contributed by atoms with Crippen LogP contribution in [0.2, 0.25) is 0 Å². The summed E-state index contributed by atoms with van der Waals surface area (Å²) in [6.07, 6.45) is 4.84. The summed E-state index contributed by atoms with van der Waals surface area (Å²) in [5, 5.41) is 6.99. The van der Waals surface area contributed by atoms with Crippen LogP contribution in [0.4, 0.5) is 0 Å². The van der Waals surface area contributed by atoms with Crippen LogP contribution in [0, 0.1) is 6.92 Å². The summed E-state index contributed by atoms with van der Waals surface area (Å²) < 4.78 is 11.7. The maximum atomic E-state index is 6.02. The summed E-state index contributed by atoms with van der Waals surface area (Å²) in [5.41, 5.74) is 1.40. The highest BCUT2D eigenvalue weighted by Crippen LogP contribution is 2.30. The molecule has 29 heavy (non-hydrogen) atoms. The third-order valence-electron chi connectivity index (χ3n) is 5.89. The number of aliphatic imine (C=N–C) groups is 1. The molecule has 0 aliphatic carbocycles. The molecule has 1 aromatic rings. The van der Waals surface area contributed by atoms with Gasteiger partial charge >= 0.3 is 0 Å². The second-order valence-electron chi connectivity index (χ2n) is 8.08. The van der Waals surface area contributed by atoms with Gasteiger partial charge in [0, 0.05) is 32.3 Å². The molecule has 0 spiro atoms. The van der Waals surface area contributed by atoms with Crippen molar-refractivity contribution in [3.63, 3.8) is 0 Å². The zero-order valence-electron chi connectivity index (χ0n) is 18.1. The summed E-state index contributed by atoms with van der Waals surface area (Å²) in [5.74, 6) is 1.75. The van der Waals surface area contributed by atoms with Crippen molar-refractivity contribution >= 4 is 29.9 Å². The van der Waals surface area contributed by atoms with Gasteiger partial charge in [0.15, 0.2) is 5.96 Å². The molecule has 164 valence electrons. The molecule has 0 saturated carbocycles. The second kappa shape index (κ2) is 12.0. The number of nitrogens with one attached hydrogen (secondary N) is 2. The molecule has 2 heterocycles. The third-order valence-corrected chi connectivity index (χ3v) is 5.89. The number of halogens is 1. The molecule has 0 bridgehead atoms. The van der Waals surface area contributed by atoms with Crippen molar-refractivity contribution < 1.29 is 9.47 Å². The largest absolute Gasteiger partial charge is 0.489 e. The highest BCUT2D eigenvalue weighted by atomic mass is 127. The van der Waals surface area contributed by atoms with Gasteiger partial charge in [-0.1, -0.05) is 12.1 Å². The Hall–Kier alpha value is -1.06. The molecule has 7 heteroatoms. The van der Waals surface area contributed by atoms with E-state index in [1.165, 1.54) is 31.5 Å². The Morgan fingerprint density at radius 1 is 1.24 bits per heavy atom. The van der Waals surface area contributed by atoms with Gasteiger partial charge in [-0.3, -0.25) is 9.89 Å². The Balaban J connectivity index is 0.00000300. The van der Waals surface area contributed by atoms with Crippen LogP contribution in [0.15, 0.2) is 29.3 Å². The van der Waals surface area contributed by atoms with Gasteiger partial charge in [-0.05, 0) is 70.3 Å². The molecule has 2 aliphatic rings. The normalized spacial score (nSPS) is 20.6. The lowest BCUT2D eigenvalue weighted by Crippen LogP contribution is -2.58. The van der Waals surface area contributed by atoms with Crippen LogP contribution in [0.25, 0.3) is 0 Å². The van der Waals surface area contributed by atoms with E-state index in [1.54, 1.807) is 0 Å². The van der Waals surface area contributed by atoms with Crippen LogP contribution in [-0.2, 0) is 4.74 Å². The first-order chi connectivity index (χ1) is 13.6. The Morgan fingerprint density at radius 2 is 1.97 bits per heavy atom. The topological polar surface area (TPSA) is 58.1 Å². The van der Waals surface area contributed by atoms with Crippen LogP contribution in [-0.4, -0.2) is 68.9 Å². The van der Waals surface area contributed by atoms with Gasteiger partial charge in [0.05, 0.1) is 6.54 Å². The number of hydrogen-bond acceptors (Lipinski definition) is 4. The van der Waals surface area contributed by atoms with Crippen LogP contribution < -0.4 is 15.4 Å². The van der Waals surface area contributed by atoms with Crippen LogP contribution in [0.3, 0.4) is 0 Å². The zero-order valence-corrected chi connectivity index (χ0v) is 20.4. The smallest absolute Gasteiger partial charge is 0.191 e. The Bertz CT molecular complexity index is 643. The van der Waals surface area contributed by atoms with Crippen molar-refractivity contribution in [3.8, 4) is 5.75 Å². The minimum atomic E-state index is 0. The molecule has 1 atom stereocenters. The highest BCUT2D eigenvalue weighted by molar-refractivity contribution is 14.0. The number of guanidine groups is 1. The van der Waals surface area contributed by atoms with E-state index in [-0.39, 0.29) is 35.6 Å². The quantitative estimate of drug-likeness (QED) is 0.331. The fourth-order valence-electron chi connectivity index (χ4n) is 4.22. The van der Waals surface area contributed by atoms with Crippen molar-refractivity contribution in [2.45, 2.75) is 51.2 Å². The number of nitrogens with zero attached hydrogens (tertiary/aromatic N) is 2. The average Bonchev–Trinajstić information content (AvgIpc) is 3.24. The maximum absolute atomic E-state index is 6.02. The summed E-state index contributed by atoms with van der Waals surface area (Å²) in [6, 6.07) is 8.17. The van der Waals surface area contributed by atoms with E-state index in [4.69, 9.17) is 9.47 Å². The number of likely N-dealkylation sites (tertiary alicyclic amines) is 1. The predicted octanol–water partition coefficient (Wildman–Crippen LogP) is 3.19. The number of benzene rings is 1. The molecule has 6 nitrogen and oxygen atoms in total. The van der Waals surface area contributed by atoms with E-state index in [9.17, 15) is 0 Å². The molecule has 0 aromatic heterocycles. The van der Waals surface area contributed by atoms with E-state index < -0.39 is 0 Å². The number of ether oxygens (including phenoxy) is 2. The van der Waals surface area contributed by atoms with Gasteiger partial charge in [-0.25, -0.2) is 0 Å². The molecule has 1 aromatic carbocycles. The van der Waals surface area contributed by atoms with Gasteiger partial charge in [-0.15, -0.1) is 24.0 Å². The third kappa shape index (κ3) is 7.00. The van der Waals surface area contributed by atoms with Crippen LogP contribution in [0.1, 0.15) is 38.2 Å². The minimum absolute atomic E-state index is 0. The lowest BCUT2D eigenvalue weighted by atomic mass is 9.88. The molecular weight excluding hydrogens is 479 g/mol. The fourth-order valence-corrected chi connectivity index (χ4v) is 4.22. The Morgan fingerprint density at radius 3 is 2.62 bits per heavy atom. The molecule has 0 radical (unpaired) electrons.